The van der Waals surface area contributed by atoms with Crippen molar-refractivity contribution in [1.82, 2.24) is 5.32 Å². The van der Waals surface area contributed by atoms with Crippen LogP contribution in [0.25, 0.3) is 0 Å². The zero-order chi connectivity index (χ0) is 10.7. The van der Waals surface area contributed by atoms with Gasteiger partial charge in [-0.05, 0) is 19.2 Å². The standard InChI is InChI=1S/C11H16N2OS/c1-12-6-8-7-15-11-4-3-9(14-2)5-10(11)13-8/h3-5,8,12-13H,6-7H2,1-2H3. The van der Waals surface area contributed by atoms with Crippen molar-refractivity contribution in [2.75, 3.05) is 31.8 Å². The molecule has 4 heteroatoms. The minimum atomic E-state index is 0.500. The highest BCUT2D eigenvalue weighted by Crippen LogP contribution is 2.35. The Kier molecular flexibility index (Phi) is 3.38. The van der Waals surface area contributed by atoms with Crippen LogP contribution in [0.15, 0.2) is 23.1 Å². The highest BCUT2D eigenvalue weighted by atomic mass is 32.2. The number of hydrogen-bond donors (Lipinski definition) is 2. The van der Waals surface area contributed by atoms with Gasteiger partial charge in [0.25, 0.3) is 0 Å². The van der Waals surface area contributed by atoms with Crippen molar-refractivity contribution in [3.05, 3.63) is 18.2 Å². The van der Waals surface area contributed by atoms with E-state index in [1.54, 1.807) is 7.11 Å². The highest BCUT2D eigenvalue weighted by Gasteiger charge is 2.17. The van der Waals surface area contributed by atoms with Crippen molar-refractivity contribution in [1.29, 1.82) is 0 Å². The second-order valence-electron chi connectivity index (χ2n) is 3.57. The molecule has 1 aliphatic rings. The molecule has 0 saturated heterocycles. The summed E-state index contributed by atoms with van der Waals surface area (Å²) in [5.74, 6) is 2.02. The van der Waals surface area contributed by atoms with Gasteiger partial charge < -0.3 is 15.4 Å². The van der Waals surface area contributed by atoms with E-state index >= 15 is 0 Å². The van der Waals surface area contributed by atoms with Gasteiger partial charge in [0.05, 0.1) is 12.8 Å². The molecule has 0 spiro atoms. The highest BCUT2D eigenvalue weighted by molar-refractivity contribution is 7.99. The van der Waals surface area contributed by atoms with Crippen LogP contribution in [0.5, 0.6) is 5.75 Å². The summed E-state index contributed by atoms with van der Waals surface area (Å²) in [7, 11) is 3.68. The molecular formula is C11H16N2OS. The van der Waals surface area contributed by atoms with E-state index in [4.69, 9.17) is 4.74 Å². The molecule has 0 radical (unpaired) electrons. The molecule has 1 aromatic rings. The van der Waals surface area contributed by atoms with Gasteiger partial charge in [0.15, 0.2) is 0 Å². The van der Waals surface area contributed by atoms with Gasteiger partial charge in [-0.25, -0.2) is 0 Å². The second kappa shape index (κ2) is 4.77. The second-order valence-corrected chi connectivity index (χ2v) is 4.63. The zero-order valence-corrected chi connectivity index (χ0v) is 9.86. The normalized spacial score (nSPS) is 19.2. The summed E-state index contributed by atoms with van der Waals surface area (Å²) in [6.07, 6.45) is 0. The van der Waals surface area contributed by atoms with E-state index in [1.165, 1.54) is 10.6 Å². The molecule has 0 saturated carbocycles. The van der Waals surface area contributed by atoms with Crippen LogP contribution in [0.1, 0.15) is 0 Å². The summed E-state index contributed by atoms with van der Waals surface area (Å²) in [5.41, 5.74) is 1.19. The van der Waals surface area contributed by atoms with Crippen LogP contribution in [0, 0.1) is 0 Å². The minimum Gasteiger partial charge on any atom is -0.497 e. The molecule has 0 aliphatic carbocycles. The monoisotopic (exact) mass is 224 g/mol. The first-order valence-electron chi connectivity index (χ1n) is 5.05. The molecule has 0 aromatic heterocycles. The summed E-state index contributed by atoms with van der Waals surface area (Å²) in [6.45, 7) is 0.990. The molecule has 0 bridgehead atoms. The first-order chi connectivity index (χ1) is 7.33. The molecule has 2 rings (SSSR count). The number of methoxy groups -OCH3 is 1. The predicted octanol–water partition coefficient (Wildman–Crippen LogP) is 1.80. The number of benzene rings is 1. The quantitative estimate of drug-likeness (QED) is 0.820. The van der Waals surface area contributed by atoms with Crippen LogP contribution < -0.4 is 15.4 Å². The smallest absolute Gasteiger partial charge is 0.121 e. The van der Waals surface area contributed by atoms with Gasteiger partial charge in [0.1, 0.15) is 5.75 Å². The molecule has 3 nitrogen and oxygen atoms in total. The lowest BCUT2D eigenvalue weighted by Gasteiger charge is -2.26. The zero-order valence-electron chi connectivity index (χ0n) is 9.04. The Morgan fingerprint density at radius 2 is 2.47 bits per heavy atom. The average molecular weight is 224 g/mol. The fourth-order valence-corrected chi connectivity index (χ4v) is 2.70. The maximum atomic E-state index is 5.21. The Balaban J connectivity index is 2.16. The average Bonchev–Trinajstić information content (AvgIpc) is 2.28. The summed E-state index contributed by atoms with van der Waals surface area (Å²) >= 11 is 1.90. The largest absolute Gasteiger partial charge is 0.497 e. The van der Waals surface area contributed by atoms with Gasteiger partial charge in [0, 0.05) is 29.3 Å². The van der Waals surface area contributed by atoms with Gasteiger partial charge in [-0.15, -0.1) is 11.8 Å². The Labute approximate surface area is 94.6 Å². The van der Waals surface area contributed by atoms with Gasteiger partial charge >= 0.3 is 0 Å². The van der Waals surface area contributed by atoms with Crippen LogP contribution >= 0.6 is 11.8 Å². The van der Waals surface area contributed by atoms with E-state index in [1.807, 2.05) is 24.9 Å². The molecular weight excluding hydrogens is 208 g/mol. The lowest BCUT2D eigenvalue weighted by atomic mass is 10.2. The number of likely N-dealkylation sites (N-methyl/N-ethyl adjacent to an activating group) is 1. The topological polar surface area (TPSA) is 33.3 Å². The molecule has 2 N–H and O–H groups in total. The number of fused-ring (bicyclic) bond motifs is 1. The third-order valence-electron chi connectivity index (χ3n) is 2.44. The van der Waals surface area contributed by atoms with Crippen LogP contribution in [-0.4, -0.2) is 32.5 Å². The molecule has 82 valence electrons. The van der Waals surface area contributed by atoms with Crippen molar-refractivity contribution in [3.8, 4) is 5.75 Å². The minimum absolute atomic E-state index is 0.500. The Morgan fingerprint density at radius 3 is 3.20 bits per heavy atom. The first-order valence-corrected chi connectivity index (χ1v) is 6.04. The number of nitrogens with one attached hydrogen (secondary N) is 2. The first kappa shape index (κ1) is 10.6. The fraction of sp³-hybridized carbons (Fsp3) is 0.455. The summed E-state index contributed by atoms with van der Waals surface area (Å²) in [6, 6.07) is 6.68. The third-order valence-corrected chi connectivity index (χ3v) is 3.67. The van der Waals surface area contributed by atoms with E-state index in [-0.39, 0.29) is 0 Å². The third kappa shape index (κ3) is 2.38. The van der Waals surface area contributed by atoms with Crippen LogP contribution in [0.4, 0.5) is 5.69 Å². The summed E-state index contributed by atoms with van der Waals surface area (Å²) in [5, 5.41) is 6.70. The van der Waals surface area contributed by atoms with Gasteiger partial charge in [-0.2, -0.15) is 0 Å². The molecule has 1 unspecified atom stereocenters. The van der Waals surface area contributed by atoms with Crippen molar-refractivity contribution >= 4 is 17.4 Å². The Bertz CT molecular complexity index is 343. The van der Waals surface area contributed by atoms with E-state index < -0.39 is 0 Å². The maximum Gasteiger partial charge on any atom is 0.121 e. The van der Waals surface area contributed by atoms with Gasteiger partial charge in [0.2, 0.25) is 0 Å². The lowest BCUT2D eigenvalue weighted by molar-refractivity contribution is 0.414. The van der Waals surface area contributed by atoms with E-state index in [0.29, 0.717) is 6.04 Å². The molecule has 0 fully saturated rings. The number of anilines is 1. The Morgan fingerprint density at radius 1 is 1.60 bits per heavy atom. The molecule has 0 amide bonds. The summed E-state index contributed by atoms with van der Waals surface area (Å²) in [4.78, 5) is 1.31. The molecule has 1 aromatic carbocycles. The number of rotatable bonds is 3. The van der Waals surface area contributed by atoms with Crippen molar-refractivity contribution in [2.45, 2.75) is 10.9 Å². The Hall–Kier alpha value is -0.870. The van der Waals surface area contributed by atoms with Crippen molar-refractivity contribution in [2.24, 2.45) is 0 Å². The fourth-order valence-electron chi connectivity index (χ4n) is 1.68. The maximum absolute atomic E-state index is 5.21. The van der Waals surface area contributed by atoms with Crippen LogP contribution in [-0.2, 0) is 0 Å². The van der Waals surface area contributed by atoms with Crippen LogP contribution in [0.3, 0.4) is 0 Å². The van der Waals surface area contributed by atoms with Crippen LogP contribution in [0.2, 0.25) is 0 Å². The van der Waals surface area contributed by atoms with Crippen molar-refractivity contribution in [3.63, 3.8) is 0 Å². The van der Waals surface area contributed by atoms with Gasteiger partial charge in [-0.3, -0.25) is 0 Å². The number of hydrogen-bond acceptors (Lipinski definition) is 4. The predicted molar refractivity (Wildman–Crippen MR) is 65.1 cm³/mol. The SMILES string of the molecule is CNCC1CSc2ccc(OC)cc2N1. The molecule has 1 atom stereocenters. The molecule has 15 heavy (non-hydrogen) atoms. The molecule has 1 heterocycles. The van der Waals surface area contributed by atoms with Gasteiger partial charge in [-0.1, -0.05) is 0 Å². The van der Waals surface area contributed by atoms with E-state index in [2.05, 4.69) is 22.8 Å². The van der Waals surface area contributed by atoms with Crippen molar-refractivity contribution < 1.29 is 4.74 Å². The van der Waals surface area contributed by atoms with E-state index in [9.17, 15) is 0 Å². The number of ether oxygens (including phenoxy) is 1. The van der Waals surface area contributed by atoms with E-state index in [0.717, 1.165) is 18.0 Å². The number of thioether (sulfide) groups is 1. The lowest BCUT2D eigenvalue weighted by Crippen LogP contribution is -2.35. The molecule has 1 aliphatic heterocycles. The summed E-state index contributed by atoms with van der Waals surface area (Å²) < 4.78 is 5.21.